The highest BCUT2D eigenvalue weighted by Gasteiger charge is 2.25. The molecule has 0 saturated heterocycles. The minimum absolute atomic E-state index is 0.0975. The molecule has 0 aromatic carbocycles. The molecule has 0 aromatic heterocycles. The Morgan fingerprint density at radius 3 is 1.65 bits per heavy atom. The van der Waals surface area contributed by atoms with Gasteiger partial charge in [0.2, 0.25) is 0 Å². The minimum atomic E-state index is -4.26. The molecule has 0 bridgehead atoms. The van der Waals surface area contributed by atoms with E-state index < -0.39 is 13.9 Å². The molecule has 48 heavy (non-hydrogen) atoms. The highest BCUT2D eigenvalue weighted by molar-refractivity contribution is 7.47. The number of allylic oxidation sites excluding steroid dienone is 6. The minimum Gasteiger partial charge on any atom is -0.457 e. The monoisotopic (exact) mass is 700 g/mol. The van der Waals surface area contributed by atoms with Gasteiger partial charge in [0.1, 0.15) is 6.10 Å². The standard InChI is InChI=1S/C39H74NO7P/c1-3-5-7-9-11-12-13-14-15-16-17-18-19-20-21-22-23-24-25-27-29-31-34-44-36-38(37-46-48(42,43)45-35-33-40)47-39(41)32-30-28-26-10-8-6-4-2/h13-14,16-17,19-20,38H,3-12,15,18,21-37,40H2,1-2H3,(H,42,43)/b14-13-,17-16-,20-19-. The smallest absolute Gasteiger partial charge is 0.457 e. The van der Waals surface area contributed by atoms with Crippen LogP contribution in [-0.4, -0.2) is 49.9 Å². The summed E-state index contributed by atoms with van der Waals surface area (Å²) in [6.45, 7) is 4.83. The number of phosphoric ester groups is 1. The van der Waals surface area contributed by atoms with E-state index in [1.165, 1.54) is 96.3 Å². The topological polar surface area (TPSA) is 117 Å². The molecule has 3 N–H and O–H groups in total. The number of phosphoric acid groups is 1. The van der Waals surface area contributed by atoms with Crippen LogP contribution in [-0.2, 0) is 27.9 Å². The Bertz CT molecular complexity index is 833. The van der Waals surface area contributed by atoms with Gasteiger partial charge >= 0.3 is 13.8 Å². The first-order valence-corrected chi connectivity index (χ1v) is 21.0. The van der Waals surface area contributed by atoms with Gasteiger partial charge in [-0.2, -0.15) is 0 Å². The van der Waals surface area contributed by atoms with Crippen molar-refractivity contribution in [3.8, 4) is 0 Å². The van der Waals surface area contributed by atoms with Gasteiger partial charge in [-0.25, -0.2) is 4.57 Å². The van der Waals surface area contributed by atoms with Crippen molar-refractivity contribution in [1.29, 1.82) is 0 Å². The molecule has 0 heterocycles. The lowest BCUT2D eigenvalue weighted by atomic mass is 10.1. The van der Waals surface area contributed by atoms with E-state index >= 15 is 0 Å². The summed E-state index contributed by atoms with van der Waals surface area (Å²) in [5.41, 5.74) is 5.34. The van der Waals surface area contributed by atoms with Gasteiger partial charge in [0.15, 0.2) is 0 Å². The molecule has 9 heteroatoms. The summed E-state index contributed by atoms with van der Waals surface area (Å²) in [4.78, 5) is 22.2. The third-order valence-corrected chi connectivity index (χ3v) is 9.04. The Morgan fingerprint density at radius 1 is 0.625 bits per heavy atom. The number of unbranched alkanes of at least 4 members (excludes halogenated alkanes) is 18. The van der Waals surface area contributed by atoms with E-state index in [2.05, 4.69) is 50.3 Å². The average molecular weight is 700 g/mol. The number of rotatable bonds is 37. The maximum Gasteiger partial charge on any atom is 0.472 e. The van der Waals surface area contributed by atoms with Gasteiger partial charge in [0.25, 0.3) is 0 Å². The van der Waals surface area contributed by atoms with Crippen LogP contribution in [0, 0.1) is 0 Å². The van der Waals surface area contributed by atoms with Gasteiger partial charge in [-0.05, 0) is 51.4 Å². The molecule has 0 radical (unpaired) electrons. The van der Waals surface area contributed by atoms with Crippen LogP contribution in [0.5, 0.6) is 0 Å². The van der Waals surface area contributed by atoms with E-state index in [0.717, 1.165) is 51.4 Å². The molecule has 0 aliphatic heterocycles. The van der Waals surface area contributed by atoms with Crippen LogP contribution >= 0.6 is 7.82 Å². The molecular weight excluding hydrogens is 625 g/mol. The maximum absolute atomic E-state index is 12.4. The van der Waals surface area contributed by atoms with Crippen molar-refractivity contribution in [1.82, 2.24) is 0 Å². The molecule has 8 nitrogen and oxygen atoms in total. The third kappa shape index (κ3) is 36.0. The van der Waals surface area contributed by atoms with Crippen LogP contribution in [0.1, 0.15) is 168 Å². The van der Waals surface area contributed by atoms with Crippen molar-refractivity contribution in [3.63, 3.8) is 0 Å². The van der Waals surface area contributed by atoms with Crippen molar-refractivity contribution in [2.24, 2.45) is 5.73 Å². The molecule has 0 aliphatic rings. The van der Waals surface area contributed by atoms with Gasteiger partial charge in [-0.15, -0.1) is 0 Å². The van der Waals surface area contributed by atoms with Crippen molar-refractivity contribution < 1.29 is 32.8 Å². The zero-order valence-corrected chi connectivity index (χ0v) is 31.9. The summed E-state index contributed by atoms with van der Waals surface area (Å²) in [6.07, 6.45) is 40.4. The Hall–Kier alpha value is -1.28. The molecular formula is C39H74NO7P. The fourth-order valence-corrected chi connectivity index (χ4v) is 5.94. The number of esters is 1. The van der Waals surface area contributed by atoms with Crippen molar-refractivity contribution in [2.45, 2.75) is 174 Å². The van der Waals surface area contributed by atoms with Crippen LogP contribution < -0.4 is 5.73 Å². The first-order valence-electron chi connectivity index (χ1n) is 19.5. The van der Waals surface area contributed by atoms with Crippen LogP contribution in [0.2, 0.25) is 0 Å². The number of nitrogens with two attached hydrogens (primary N) is 1. The lowest BCUT2D eigenvalue weighted by Crippen LogP contribution is -2.28. The zero-order valence-electron chi connectivity index (χ0n) is 31.0. The van der Waals surface area contributed by atoms with Crippen molar-refractivity contribution >= 4 is 13.8 Å². The van der Waals surface area contributed by atoms with E-state index in [1.54, 1.807) is 0 Å². The van der Waals surface area contributed by atoms with E-state index in [-0.39, 0.29) is 32.3 Å². The predicted molar refractivity (Wildman–Crippen MR) is 201 cm³/mol. The number of hydrogen-bond acceptors (Lipinski definition) is 7. The highest BCUT2D eigenvalue weighted by Crippen LogP contribution is 2.43. The molecule has 0 saturated carbocycles. The largest absolute Gasteiger partial charge is 0.472 e. The van der Waals surface area contributed by atoms with E-state index in [1.807, 2.05) is 0 Å². The quantitative estimate of drug-likeness (QED) is 0.0285. The van der Waals surface area contributed by atoms with Crippen LogP contribution in [0.25, 0.3) is 0 Å². The summed E-state index contributed by atoms with van der Waals surface area (Å²) in [5.74, 6) is -0.342. The summed E-state index contributed by atoms with van der Waals surface area (Å²) in [7, 11) is -4.26. The summed E-state index contributed by atoms with van der Waals surface area (Å²) < 4.78 is 33.2. The number of carbonyl (C=O) groups excluding carboxylic acids is 1. The Balaban J connectivity index is 3.95. The Labute approximate surface area is 295 Å². The third-order valence-electron chi connectivity index (χ3n) is 8.06. The van der Waals surface area contributed by atoms with Gasteiger partial charge < -0.3 is 20.1 Å². The lowest BCUT2D eigenvalue weighted by molar-refractivity contribution is -0.154. The molecule has 0 rings (SSSR count). The molecule has 2 unspecified atom stereocenters. The number of carbonyl (C=O) groups is 1. The van der Waals surface area contributed by atoms with Crippen LogP contribution in [0.4, 0.5) is 0 Å². The highest BCUT2D eigenvalue weighted by atomic mass is 31.2. The predicted octanol–water partition coefficient (Wildman–Crippen LogP) is 11.1. The molecule has 0 aliphatic carbocycles. The Kier molecular flexibility index (Phi) is 36.0. The zero-order chi connectivity index (χ0) is 35.2. The molecule has 2 atom stereocenters. The number of hydrogen-bond donors (Lipinski definition) is 2. The normalized spacial score (nSPS) is 14.0. The van der Waals surface area contributed by atoms with Gasteiger partial charge in [0.05, 0.1) is 19.8 Å². The molecule has 0 amide bonds. The van der Waals surface area contributed by atoms with Crippen molar-refractivity contribution in [3.05, 3.63) is 36.5 Å². The van der Waals surface area contributed by atoms with E-state index in [9.17, 15) is 14.3 Å². The first kappa shape index (κ1) is 46.7. The fraction of sp³-hybridized carbons (Fsp3) is 0.821. The molecule has 282 valence electrons. The molecule has 0 aromatic rings. The summed E-state index contributed by atoms with van der Waals surface area (Å²) in [6, 6.07) is 0. The fourth-order valence-electron chi connectivity index (χ4n) is 5.18. The second kappa shape index (κ2) is 37.0. The summed E-state index contributed by atoms with van der Waals surface area (Å²) >= 11 is 0. The van der Waals surface area contributed by atoms with E-state index in [4.69, 9.17) is 24.3 Å². The van der Waals surface area contributed by atoms with E-state index in [0.29, 0.717) is 13.0 Å². The van der Waals surface area contributed by atoms with Crippen LogP contribution in [0.3, 0.4) is 0 Å². The SMILES string of the molecule is CCCCCCC/C=C\C/C=C\C/C=C\CCCCCCCCCOCC(COP(=O)(O)OCCN)OC(=O)CCCCCCCCC. The van der Waals surface area contributed by atoms with Crippen molar-refractivity contribution in [2.75, 3.05) is 33.0 Å². The molecule has 0 spiro atoms. The van der Waals surface area contributed by atoms with Crippen LogP contribution in [0.15, 0.2) is 36.5 Å². The first-order chi connectivity index (χ1) is 23.4. The summed E-state index contributed by atoms with van der Waals surface area (Å²) in [5, 5.41) is 0. The lowest BCUT2D eigenvalue weighted by Gasteiger charge is -2.20. The van der Waals surface area contributed by atoms with Gasteiger partial charge in [0, 0.05) is 19.6 Å². The Morgan fingerprint density at radius 2 is 1.10 bits per heavy atom. The second-order valence-corrected chi connectivity index (χ2v) is 14.2. The van der Waals surface area contributed by atoms with Gasteiger partial charge in [-0.1, -0.05) is 147 Å². The average Bonchev–Trinajstić information content (AvgIpc) is 3.07. The number of ether oxygens (including phenoxy) is 2. The molecule has 0 fully saturated rings. The van der Waals surface area contributed by atoms with Gasteiger partial charge in [-0.3, -0.25) is 13.8 Å². The maximum atomic E-state index is 12.4. The second-order valence-electron chi connectivity index (χ2n) is 12.8.